The van der Waals surface area contributed by atoms with E-state index in [1.165, 1.54) is 17.6 Å². The number of aliphatic hydroxyl groups is 1. The van der Waals surface area contributed by atoms with Crippen LogP contribution in [0.1, 0.15) is 49.7 Å². The molecule has 1 unspecified atom stereocenters. The first-order valence-corrected chi connectivity index (χ1v) is 13.5. The highest BCUT2D eigenvalue weighted by molar-refractivity contribution is 5.91. The molecule has 1 aliphatic rings. The Bertz CT molecular complexity index is 1200. The SMILES string of the molecule is COC(=O)C1(NC(=O)C(C)c2ccccc2)CC[NH+](CCc2ccccc2)CC1.O=C([O-])CC(O)(CC(=O)[O-])C(=O)[O-]. The predicted molar refractivity (Wildman–Crippen MR) is 142 cm³/mol. The predicted octanol–water partition coefficient (Wildman–Crippen LogP) is -3.51. The van der Waals surface area contributed by atoms with Crippen molar-refractivity contribution in [1.29, 1.82) is 0 Å². The summed E-state index contributed by atoms with van der Waals surface area (Å²) in [4.78, 5) is 57.0. The Labute approximate surface area is 243 Å². The average Bonchev–Trinajstić information content (AvgIpc) is 2.96. The standard InChI is InChI=1S/C24H30N2O3.C6H8O7/c1-19(21-11-7-4-8-12-21)22(27)25-24(23(28)29-2)14-17-26(18-15-24)16-13-20-9-5-3-6-10-20;7-3(8)1-6(13,5(11)12)2-4(9)10/h3-12,19H,13-18H2,1-2H3,(H,25,27);13H,1-2H2,(H,7,8)(H,9,10)(H,11,12)/p-2. The number of ether oxygens (including phenoxy) is 1. The van der Waals surface area contributed by atoms with Gasteiger partial charge in [0.1, 0.15) is 11.1 Å². The van der Waals surface area contributed by atoms with Gasteiger partial charge in [-0.3, -0.25) is 4.79 Å². The van der Waals surface area contributed by atoms with Crippen molar-refractivity contribution >= 4 is 29.8 Å². The Balaban J connectivity index is 0.000000401. The zero-order chi connectivity index (χ0) is 31.3. The molecule has 42 heavy (non-hydrogen) atoms. The molecule has 3 rings (SSSR count). The lowest BCUT2D eigenvalue weighted by molar-refractivity contribution is -0.905. The van der Waals surface area contributed by atoms with Gasteiger partial charge in [-0.05, 0) is 18.1 Å². The fraction of sp³-hybridized carbons (Fsp3) is 0.433. The van der Waals surface area contributed by atoms with Crippen molar-refractivity contribution in [1.82, 2.24) is 5.32 Å². The first-order chi connectivity index (χ1) is 19.8. The smallest absolute Gasteiger partial charge is 0.332 e. The highest BCUT2D eigenvalue weighted by Crippen LogP contribution is 2.22. The van der Waals surface area contributed by atoms with Crippen molar-refractivity contribution in [3.8, 4) is 0 Å². The number of esters is 1. The molecular formula is C30H36N2O10-2. The summed E-state index contributed by atoms with van der Waals surface area (Å²) < 4.78 is 5.08. The minimum Gasteiger partial charge on any atom is -0.550 e. The van der Waals surface area contributed by atoms with E-state index in [0.29, 0.717) is 12.8 Å². The second-order valence-electron chi connectivity index (χ2n) is 10.3. The number of benzene rings is 2. The molecule has 0 radical (unpaired) electrons. The maximum atomic E-state index is 12.9. The van der Waals surface area contributed by atoms with Crippen molar-refractivity contribution in [3.05, 3.63) is 71.8 Å². The lowest BCUT2D eigenvalue weighted by Crippen LogP contribution is -3.14. The van der Waals surface area contributed by atoms with Crippen molar-refractivity contribution in [2.45, 2.75) is 56.1 Å². The number of hydrogen-bond acceptors (Lipinski definition) is 10. The Morgan fingerprint density at radius 3 is 1.88 bits per heavy atom. The van der Waals surface area contributed by atoms with Gasteiger partial charge in [0, 0.05) is 44.0 Å². The number of nitrogens with one attached hydrogen (secondary N) is 2. The quantitative estimate of drug-likeness (QED) is 0.210. The number of aliphatic carboxylic acids is 3. The number of hydrogen-bond donors (Lipinski definition) is 3. The molecule has 2 aromatic rings. The van der Waals surface area contributed by atoms with Crippen LogP contribution in [0.4, 0.5) is 0 Å². The van der Waals surface area contributed by atoms with Crippen LogP contribution in [0, 0.1) is 0 Å². The van der Waals surface area contributed by atoms with Crippen LogP contribution < -0.4 is 25.5 Å². The molecule has 1 amide bonds. The van der Waals surface area contributed by atoms with Crippen LogP contribution in [0.2, 0.25) is 0 Å². The van der Waals surface area contributed by atoms with E-state index in [-0.39, 0.29) is 17.8 Å². The number of carbonyl (C=O) groups excluding carboxylic acids is 5. The van der Waals surface area contributed by atoms with E-state index in [1.54, 1.807) is 0 Å². The second kappa shape index (κ2) is 15.6. The lowest BCUT2D eigenvalue weighted by atomic mass is 9.86. The number of rotatable bonds is 12. The van der Waals surface area contributed by atoms with E-state index in [2.05, 4.69) is 29.6 Å². The summed E-state index contributed by atoms with van der Waals surface area (Å²) in [5, 5.41) is 42.0. The van der Waals surface area contributed by atoms with Crippen molar-refractivity contribution in [3.63, 3.8) is 0 Å². The monoisotopic (exact) mass is 584 g/mol. The molecule has 12 nitrogen and oxygen atoms in total. The third-order valence-electron chi connectivity index (χ3n) is 7.31. The van der Waals surface area contributed by atoms with E-state index in [1.807, 2.05) is 43.3 Å². The Kier molecular flexibility index (Phi) is 12.6. The van der Waals surface area contributed by atoms with E-state index in [0.717, 1.165) is 31.6 Å². The van der Waals surface area contributed by atoms with Gasteiger partial charge >= 0.3 is 5.97 Å². The third-order valence-corrected chi connectivity index (χ3v) is 7.31. The van der Waals surface area contributed by atoms with E-state index in [4.69, 9.17) is 9.84 Å². The zero-order valence-electron chi connectivity index (χ0n) is 23.6. The van der Waals surface area contributed by atoms with Crippen LogP contribution in [-0.2, 0) is 35.1 Å². The van der Waals surface area contributed by atoms with Crippen LogP contribution in [0.3, 0.4) is 0 Å². The molecule has 228 valence electrons. The molecular weight excluding hydrogens is 548 g/mol. The van der Waals surface area contributed by atoms with Crippen molar-refractivity contribution in [2.75, 3.05) is 26.7 Å². The minimum absolute atomic E-state index is 0.130. The number of piperidine rings is 1. The molecule has 12 heteroatoms. The molecule has 2 aromatic carbocycles. The molecule has 1 heterocycles. The van der Waals surface area contributed by atoms with Gasteiger partial charge in [-0.15, -0.1) is 0 Å². The fourth-order valence-electron chi connectivity index (χ4n) is 4.74. The number of amides is 1. The van der Waals surface area contributed by atoms with Crippen LogP contribution in [0.5, 0.6) is 0 Å². The molecule has 0 saturated carbocycles. The topological polar surface area (TPSA) is 200 Å². The number of quaternary nitrogens is 1. The summed E-state index contributed by atoms with van der Waals surface area (Å²) >= 11 is 0. The van der Waals surface area contributed by atoms with Crippen LogP contribution in [0.15, 0.2) is 60.7 Å². The Hall–Kier alpha value is -4.29. The van der Waals surface area contributed by atoms with Gasteiger partial charge in [0.25, 0.3) is 0 Å². The Morgan fingerprint density at radius 2 is 1.43 bits per heavy atom. The molecule has 1 aliphatic heterocycles. The van der Waals surface area contributed by atoms with Gasteiger partial charge in [0.2, 0.25) is 5.91 Å². The molecule has 1 atom stereocenters. The van der Waals surface area contributed by atoms with Gasteiger partial charge < -0.3 is 49.8 Å². The second-order valence-corrected chi connectivity index (χ2v) is 10.3. The van der Waals surface area contributed by atoms with Gasteiger partial charge in [-0.1, -0.05) is 60.7 Å². The number of carboxylic acid groups (broad SMARTS) is 3. The third kappa shape index (κ3) is 9.96. The van der Waals surface area contributed by atoms with Gasteiger partial charge in [0.15, 0.2) is 0 Å². The number of carboxylic acids is 3. The Morgan fingerprint density at radius 1 is 0.929 bits per heavy atom. The van der Waals surface area contributed by atoms with Gasteiger partial charge in [-0.2, -0.15) is 0 Å². The number of carbonyl (C=O) groups is 5. The molecule has 0 aliphatic carbocycles. The minimum atomic E-state index is -2.97. The van der Waals surface area contributed by atoms with Crippen molar-refractivity contribution < 1.29 is 54.0 Å². The van der Waals surface area contributed by atoms with Crippen LogP contribution >= 0.6 is 0 Å². The van der Waals surface area contributed by atoms with E-state index < -0.39 is 41.9 Å². The van der Waals surface area contributed by atoms with Crippen LogP contribution in [-0.4, -0.2) is 72.8 Å². The lowest BCUT2D eigenvalue weighted by Gasteiger charge is -2.38. The largest absolute Gasteiger partial charge is 0.550 e. The fourth-order valence-corrected chi connectivity index (χ4v) is 4.74. The molecule has 0 spiro atoms. The summed E-state index contributed by atoms with van der Waals surface area (Å²) in [5.41, 5.74) is -1.63. The summed E-state index contributed by atoms with van der Waals surface area (Å²) in [7, 11) is 1.39. The highest BCUT2D eigenvalue weighted by atomic mass is 16.5. The van der Waals surface area contributed by atoms with Gasteiger partial charge in [0.05, 0.1) is 38.6 Å². The van der Waals surface area contributed by atoms with Crippen LogP contribution in [0.25, 0.3) is 0 Å². The molecule has 1 fully saturated rings. The molecule has 1 saturated heterocycles. The maximum Gasteiger partial charge on any atom is 0.332 e. The maximum absolute atomic E-state index is 12.9. The molecule has 0 aromatic heterocycles. The summed E-state index contributed by atoms with van der Waals surface area (Å²) in [6, 6.07) is 20.1. The number of methoxy groups -OCH3 is 1. The average molecular weight is 585 g/mol. The summed E-state index contributed by atoms with van der Waals surface area (Å²) in [5.74, 6) is -6.77. The normalized spacial score (nSPS) is 18.9. The molecule has 3 N–H and O–H groups in total. The first-order valence-electron chi connectivity index (χ1n) is 13.5. The molecule has 0 bridgehead atoms. The van der Waals surface area contributed by atoms with Gasteiger partial charge in [-0.25, -0.2) is 4.79 Å². The zero-order valence-corrected chi connectivity index (χ0v) is 23.6. The first kappa shape index (κ1) is 33.9. The van der Waals surface area contributed by atoms with E-state index in [9.17, 15) is 39.3 Å². The summed E-state index contributed by atoms with van der Waals surface area (Å²) in [6.45, 7) is 4.56. The number of likely N-dealkylation sites (tertiary alicyclic amines) is 1. The van der Waals surface area contributed by atoms with E-state index >= 15 is 0 Å². The van der Waals surface area contributed by atoms with Crippen molar-refractivity contribution in [2.24, 2.45) is 0 Å². The highest BCUT2D eigenvalue weighted by Gasteiger charge is 2.46. The summed E-state index contributed by atoms with van der Waals surface area (Å²) in [6.07, 6.45) is -0.514.